The summed E-state index contributed by atoms with van der Waals surface area (Å²) in [5, 5.41) is 12.3. The molecule has 0 aliphatic carbocycles. The minimum Gasteiger partial charge on any atom is -0.391 e. The first-order valence-corrected chi connectivity index (χ1v) is 5.85. The Morgan fingerprint density at radius 3 is 2.40 bits per heavy atom. The topological polar surface area (TPSA) is 49.3 Å². The fourth-order valence-electron chi connectivity index (χ4n) is 1.14. The number of aliphatic hydroxyl groups is 1. The van der Waals surface area contributed by atoms with Crippen LogP contribution in [0.3, 0.4) is 0 Å². The molecule has 2 N–H and O–H groups in total. The second kappa shape index (κ2) is 6.33. The summed E-state index contributed by atoms with van der Waals surface area (Å²) in [7, 11) is 0. The number of hydrogen-bond acceptors (Lipinski definition) is 2. The van der Waals surface area contributed by atoms with Crippen LogP contribution in [0.15, 0.2) is 0 Å². The van der Waals surface area contributed by atoms with Gasteiger partial charge >= 0.3 is 0 Å². The second-order valence-electron chi connectivity index (χ2n) is 5.01. The molecule has 1 atom stereocenters. The van der Waals surface area contributed by atoms with Crippen molar-refractivity contribution in [2.45, 2.75) is 40.2 Å². The lowest BCUT2D eigenvalue weighted by Gasteiger charge is -2.22. The first-order chi connectivity index (χ1) is 6.79. The van der Waals surface area contributed by atoms with Crippen molar-refractivity contribution in [2.75, 3.05) is 12.4 Å². The van der Waals surface area contributed by atoms with Crippen LogP contribution in [0.5, 0.6) is 0 Å². The Bertz CT molecular complexity index is 205. The molecule has 0 aromatic rings. The number of nitrogens with one attached hydrogen (secondary N) is 1. The van der Waals surface area contributed by atoms with Crippen LogP contribution in [0, 0.1) is 11.3 Å². The average molecular weight is 236 g/mol. The van der Waals surface area contributed by atoms with E-state index in [-0.39, 0.29) is 11.8 Å². The van der Waals surface area contributed by atoms with Gasteiger partial charge < -0.3 is 10.4 Å². The van der Waals surface area contributed by atoms with E-state index in [0.29, 0.717) is 18.9 Å². The SMILES string of the molecule is CC(C)CC(O)CNC(=O)C(C)(C)CCl. The maximum atomic E-state index is 11.6. The van der Waals surface area contributed by atoms with Crippen LogP contribution in [-0.2, 0) is 4.79 Å². The summed E-state index contributed by atoms with van der Waals surface area (Å²) in [4.78, 5) is 11.6. The Kier molecular flexibility index (Phi) is 6.22. The van der Waals surface area contributed by atoms with E-state index in [9.17, 15) is 9.90 Å². The molecule has 0 rings (SSSR count). The summed E-state index contributed by atoms with van der Waals surface area (Å²) >= 11 is 5.66. The molecule has 1 unspecified atom stereocenters. The normalized spacial score (nSPS) is 14.1. The highest BCUT2D eigenvalue weighted by atomic mass is 35.5. The van der Waals surface area contributed by atoms with Crippen molar-refractivity contribution < 1.29 is 9.90 Å². The van der Waals surface area contributed by atoms with Crippen molar-refractivity contribution in [3.05, 3.63) is 0 Å². The largest absolute Gasteiger partial charge is 0.391 e. The first-order valence-electron chi connectivity index (χ1n) is 5.32. The number of amides is 1. The lowest BCUT2D eigenvalue weighted by Crippen LogP contribution is -2.41. The Labute approximate surface area is 97.2 Å². The lowest BCUT2D eigenvalue weighted by atomic mass is 9.95. The molecule has 0 spiro atoms. The number of halogens is 1. The third-order valence-corrected chi connectivity index (χ3v) is 2.86. The molecular formula is C11H22ClNO2. The minimum absolute atomic E-state index is 0.111. The standard InChI is InChI=1S/C11H22ClNO2/c1-8(2)5-9(14)6-13-10(15)11(3,4)7-12/h8-9,14H,5-7H2,1-4H3,(H,13,15). The van der Waals surface area contributed by atoms with Gasteiger partial charge in [0.05, 0.1) is 11.5 Å². The molecule has 0 aliphatic rings. The van der Waals surface area contributed by atoms with E-state index in [2.05, 4.69) is 5.32 Å². The summed E-state index contributed by atoms with van der Waals surface area (Å²) < 4.78 is 0. The van der Waals surface area contributed by atoms with Crippen LogP contribution in [0.4, 0.5) is 0 Å². The van der Waals surface area contributed by atoms with Crippen molar-refractivity contribution in [1.82, 2.24) is 5.32 Å². The van der Waals surface area contributed by atoms with Crippen molar-refractivity contribution in [1.29, 1.82) is 0 Å². The van der Waals surface area contributed by atoms with Crippen molar-refractivity contribution >= 4 is 17.5 Å². The van der Waals surface area contributed by atoms with Gasteiger partial charge in [-0.05, 0) is 26.2 Å². The van der Waals surface area contributed by atoms with Gasteiger partial charge in [-0.3, -0.25) is 4.79 Å². The number of carbonyl (C=O) groups excluding carboxylic acids is 1. The summed E-state index contributed by atoms with van der Waals surface area (Å²) in [5.74, 6) is 0.595. The van der Waals surface area contributed by atoms with Crippen LogP contribution in [0.2, 0.25) is 0 Å². The van der Waals surface area contributed by atoms with Crippen molar-refractivity contribution in [2.24, 2.45) is 11.3 Å². The number of hydrogen-bond donors (Lipinski definition) is 2. The zero-order chi connectivity index (χ0) is 12.1. The number of rotatable bonds is 6. The van der Waals surface area contributed by atoms with Gasteiger partial charge in [-0.2, -0.15) is 0 Å². The quantitative estimate of drug-likeness (QED) is 0.690. The number of aliphatic hydroxyl groups excluding tert-OH is 1. The molecule has 0 fully saturated rings. The van der Waals surface area contributed by atoms with Gasteiger partial charge in [-0.25, -0.2) is 0 Å². The molecule has 0 aromatic carbocycles. The van der Waals surface area contributed by atoms with Crippen molar-refractivity contribution in [3.8, 4) is 0 Å². The predicted molar refractivity (Wildman–Crippen MR) is 63.0 cm³/mol. The summed E-state index contributed by atoms with van der Waals surface area (Å²) in [5.41, 5.74) is -0.570. The average Bonchev–Trinajstić information content (AvgIpc) is 2.13. The van der Waals surface area contributed by atoms with Gasteiger partial charge in [0, 0.05) is 12.4 Å². The first kappa shape index (κ1) is 14.7. The summed E-state index contributed by atoms with van der Waals surface area (Å²) in [6.45, 7) is 7.94. The van der Waals surface area contributed by atoms with E-state index in [1.54, 1.807) is 13.8 Å². The smallest absolute Gasteiger partial charge is 0.226 e. The maximum absolute atomic E-state index is 11.6. The van der Waals surface area contributed by atoms with E-state index in [0.717, 1.165) is 0 Å². The summed E-state index contributed by atoms with van der Waals surface area (Å²) in [6.07, 6.45) is 0.224. The maximum Gasteiger partial charge on any atom is 0.226 e. The number of alkyl halides is 1. The lowest BCUT2D eigenvalue weighted by molar-refractivity contribution is -0.128. The highest BCUT2D eigenvalue weighted by Gasteiger charge is 2.26. The zero-order valence-electron chi connectivity index (χ0n) is 10.0. The fourth-order valence-corrected chi connectivity index (χ4v) is 1.26. The van der Waals surface area contributed by atoms with Gasteiger partial charge in [0.25, 0.3) is 0 Å². The molecule has 1 amide bonds. The molecule has 0 aromatic heterocycles. The Balaban J connectivity index is 3.90. The van der Waals surface area contributed by atoms with E-state index in [4.69, 9.17) is 11.6 Å². The van der Waals surface area contributed by atoms with E-state index in [1.807, 2.05) is 13.8 Å². The highest BCUT2D eigenvalue weighted by molar-refractivity contribution is 6.19. The van der Waals surface area contributed by atoms with Crippen molar-refractivity contribution in [3.63, 3.8) is 0 Å². The van der Waals surface area contributed by atoms with Crippen LogP contribution in [0.1, 0.15) is 34.1 Å². The predicted octanol–water partition coefficient (Wildman–Crippen LogP) is 1.77. The fraction of sp³-hybridized carbons (Fsp3) is 0.909. The molecule has 15 heavy (non-hydrogen) atoms. The summed E-state index contributed by atoms with van der Waals surface area (Å²) in [6, 6.07) is 0. The zero-order valence-corrected chi connectivity index (χ0v) is 10.8. The van der Waals surface area contributed by atoms with Crippen LogP contribution < -0.4 is 5.32 Å². The van der Waals surface area contributed by atoms with Crippen LogP contribution in [0.25, 0.3) is 0 Å². The van der Waals surface area contributed by atoms with Gasteiger partial charge in [0.2, 0.25) is 5.91 Å². The third-order valence-electron chi connectivity index (χ3n) is 2.19. The molecule has 0 saturated carbocycles. The highest BCUT2D eigenvalue weighted by Crippen LogP contribution is 2.16. The van der Waals surface area contributed by atoms with Gasteiger partial charge in [0.1, 0.15) is 0 Å². The molecule has 0 radical (unpaired) electrons. The second-order valence-corrected chi connectivity index (χ2v) is 5.28. The number of carbonyl (C=O) groups is 1. The molecule has 0 saturated heterocycles. The van der Waals surface area contributed by atoms with Gasteiger partial charge in [-0.1, -0.05) is 13.8 Å². The van der Waals surface area contributed by atoms with Gasteiger partial charge in [-0.15, -0.1) is 11.6 Å². The van der Waals surface area contributed by atoms with Gasteiger partial charge in [0.15, 0.2) is 0 Å². The molecular weight excluding hydrogens is 214 g/mol. The molecule has 0 heterocycles. The van der Waals surface area contributed by atoms with Crippen LogP contribution in [-0.4, -0.2) is 29.5 Å². The van der Waals surface area contributed by atoms with E-state index in [1.165, 1.54) is 0 Å². The monoisotopic (exact) mass is 235 g/mol. The third kappa shape index (κ3) is 6.00. The molecule has 0 aliphatic heterocycles. The Morgan fingerprint density at radius 1 is 1.47 bits per heavy atom. The van der Waals surface area contributed by atoms with E-state index < -0.39 is 11.5 Å². The molecule has 0 bridgehead atoms. The van der Waals surface area contributed by atoms with E-state index >= 15 is 0 Å². The Hall–Kier alpha value is -0.280. The van der Waals surface area contributed by atoms with Crippen LogP contribution >= 0.6 is 11.6 Å². The molecule has 3 nitrogen and oxygen atoms in total. The minimum atomic E-state index is -0.570. The molecule has 90 valence electrons. The molecule has 4 heteroatoms. The Morgan fingerprint density at radius 2 is 2.00 bits per heavy atom.